The van der Waals surface area contributed by atoms with Crippen LogP contribution in [0.2, 0.25) is 0 Å². The molecule has 0 spiro atoms. The van der Waals surface area contributed by atoms with Crippen molar-refractivity contribution in [3.8, 4) is 11.5 Å². The summed E-state index contributed by atoms with van der Waals surface area (Å²) in [6, 6.07) is 31.5. The first kappa shape index (κ1) is 55.8. The summed E-state index contributed by atoms with van der Waals surface area (Å²) in [5.41, 5.74) is 5.87. The van der Waals surface area contributed by atoms with Crippen molar-refractivity contribution >= 4 is 86.3 Å². The monoisotopic (exact) mass is 948 g/mol. The van der Waals surface area contributed by atoms with Crippen molar-refractivity contribution in [1.29, 1.82) is 0 Å². The van der Waals surface area contributed by atoms with E-state index in [1.54, 1.807) is 91.0 Å². The van der Waals surface area contributed by atoms with Crippen LogP contribution in [0.5, 0.6) is 11.5 Å². The van der Waals surface area contributed by atoms with Gasteiger partial charge in [-0.05, 0) is 140 Å². The zero-order valence-corrected chi connectivity index (χ0v) is 43.4. The van der Waals surface area contributed by atoms with Gasteiger partial charge in [-0.3, -0.25) is 10.1 Å². The first-order chi connectivity index (χ1) is 30.2. The van der Waals surface area contributed by atoms with Gasteiger partial charge >= 0.3 is 88.7 Å². The second-order valence-electron chi connectivity index (χ2n) is 12.8. The number of hydrogen-bond acceptors (Lipinski definition) is 21. The van der Waals surface area contributed by atoms with Crippen molar-refractivity contribution < 1.29 is 142 Å². The van der Waals surface area contributed by atoms with E-state index in [0.29, 0.717) is 61.9 Å². The summed E-state index contributed by atoms with van der Waals surface area (Å²) < 4.78 is 19.9. The van der Waals surface area contributed by atoms with Crippen LogP contribution >= 0.6 is 24.1 Å². The Morgan fingerprint density at radius 1 is 0.646 bits per heavy atom. The van der Waals surface area contributed by atoms with Gasteiger partial charge in [0.05, 0.1) is 64.0 Å². The van der Waals surface area contributed by atoms with Crippen LogP contribution in [0.4, 0.5) is 45.5 Å². The fraction of sp³-hybridized carbons (Fsp3) is 0.146. The molecule has 6 rings (SSSR count). The van der Waals surface area contributed by atoms with Gasteiger partial charge < -0.3 is 45.6 Å². The Bertz CT molecular complexity index is 2550. The van der Waals surface area contributed by atoms with Gasteiger partial charge in [0.1, 0.15) is 18.2 Å². The zero-order valence-electron chi connectivity index (χ0n) is 35.8. The van der Waals surface area contributed by atoms with Crippen molar-refractivity contribution in [2.75, 3.05) is 30.7 Å². The Hall–Kier alpha value is -3.53. The second-order valence-corrected chi connectivity index (χ2v) is 14.3. The largest absolute Gasteiger partial charge is 1.00 e. The Kier molecular flexibility index (Phi) is 25.1. The third kappa shape index (κ3) is 17.6. The number of anilines is 2. The molecular formula is C41H35N8Na3O11S2. The minimum atomic E-state index is -1.18. The van der Waals surface area contributed by atoms with Gasteiger partial charge in [-0.15, -0.1) is 5.11 Å². The molecule has 6 aromatic rings. The van der Waals surface area contributed by atoms with Gasteiger partial charge in [-0.25, -0.2) is 0 Å². The van der Waals surface area contributed by atoms with Gasteiger partial charge in [0.15, 0.2) is 12.5 Å². The third-order valence-electron chi connectivity index (χ3n) is 8.57. The minimum absolute atomic E-state index is 0. The number of aromatic hydroxyl groups is 1. The van der Waals surface area contributed by atoms with Crippen LogP contribution in [-0.4, -0.2) is 31.1 Å². The number of benzene rings is 6. The molecule has 0 fully saturated rings. The smallest absolute Gasteiger partial charge is 0.691 e. The number of azo groups is 3. The average Bonchev–Trinajstić information content (AvgIpc) is 3.28. The summed E-state index contributed by atoms with van der Waals surface area (Å²) in [5.74, 6) is -0.765. The van der Waals surface area contributed by atoms with Crippen LogP contribution in [-0.2, 0) is 28.3 Å². The number of carbonyl (C=O) groups is 1. The van der Waals surface area contributed by atoms with E-state index in [4.69, 9.17) is 9.47 Å². The summed E-state index contributed by atoms with van der Waals surface area (Å²) in [5, 5.41) is 82.8. The number of hydrogen-bond donors (Lipinski definition) is 3. The van der Waals surface area contributed by atoms with Crippen LogP contribution < -0.4 is 120 Å². The number of fused-ring (bicyclic) bond motifs is 1. The molecule has 0 aliphatic carbocycles. The number of phenolic OH excluding ortho intramolecular Hbond substituents is 1. The minimum Gasteiger partial charge on any atom is -0.691 e. The molecule has 0 unspecified atom stereocenters. The van der Waals surface area contributed by atoms with E-state index in [1.807, 2.05) is 32.0 Å². The molecule has 0 saturated carbocycles. The van der Waals surface area contributed by atoms with Gasteiger partial charge in [0.25, 0.3) is 0 Å². The number of rotatable bonds is 22. The van der Waals surface area contributed by atoms with Crippen molar-refractivity contribution in [1.82, 2.24) is 0 Å². The van der Waals surface area contributed by atoms with Crippen LogP contribution in [0.3, 0.4) is 0 Å². The number of phenols is 1. The summed E-state index contributed by atoms with van der Waals surface area (Å²) >= 11 is 1.37. The number of nitrogens with zero attached hydrogens (tertiary/aromatic N) is 6. The second kappa shape index (κ2) is 29.3. The predicted octanol–water partition coefficient (Wildman–Crippen LogP) is -0.144. The molecule has 65 heavy (non-hydrogen) atoms. The number of carboxylic acids is 1. The maximum atomic E-state index is 11.3. The fourth-order valence-corrected chi connectivity index (χ4v) is 6.29. The van der Waals surface area contributed by atoms with E-state index in [0.717, 1.165) is 34.5 Å². The molecule has 0 radical (unpaired) electrons. The Labute approximate surface area is 447 Å². The molecule has 0 heterocycles. The molecule has 19 nitrogen and oxygen atoms in total. The van der Waals surface area contributed by atoms with Crippen molar-refractivity contribution in [3.05, 3.63) is 120 Å². The number of carbonyl (C=O) groups excluding carboxylic acids is 1. The van der Waals surface area contributed by atoms with E-state index in [1.165, 1.54) is 0 Å². The third-order valence-corrected chi connectivity index (χ3v) is 9.78. The molecule has 0 saturated heterocycles. The van der Waals surface area contributed by atoms with Crippen LogP contribution in [0, 0.1) is 13.8 Å². The maximum absolute atomic E-state index is 11.3. The Morgan fingerprint density at radius 3 is 1.82 bits per heavy atom. The fourth-order valence-electron chi connectivity index (χ4n) is 5.45. The molecule has 6 aromatic carbocycles. The summed E-state index contributed by atoms with van der Waals surface area (Å²) in [4.78, 5) is 11.4. The van der Waals surface area contributed by atoms with Gasteiger partial charge in [0, 0.05) is 34.0 Å². The molecule has 320 valence electrons. The van der Waals surface area contributed by atoms with E-state index in [9.17, 15) is 25.5 Å². The van der Waals surface area contributed by atoms with Crippen molar-refractivity contribution in [2.45, 2.75) is 30.1 Å². The molecule has 0 bridgehead atoms. The number of aryl methyl sites for hydroxylation is 2. The molecular weight excluding hydrogens is 914 g/mol. The van der Waals surface area contributed by atoms with E-state index in [-0.39, 0.29) is 131 Å². The topological polar surface area (TPSA) is 260 Å². The average molecular weight is 949 g/mol. The van der Waals surface area contributed by atoms with E-state index < -0.39 is 5.97 Å². The van der Waals surface area contributed by atoms with Crippen molar-refractivity contribution in [3.63, 3.8) is 0 Å². The Balaban J connectivity index is 0.00000374. The SMILES string of the molecule is Cc1cc(N=Nc2c(SOO[O-])cc3cc(N=Nc4ccc(NCOCCC(=O)[O-])cc4)ccc3c2O)c(C)cc1N=Nc1ccc(OCNc2ccc(SOO[O-])cc2)cc1.[Na+].[Na+].[Na+]. The first-order valence-corrected chi connectivity index (χ1v) is 19.8. The molecule has 0 amide bonds. The standard InChI is InChI=1S/C41H38N8O11S2.3Na/c1-25-20-37(26(2)19-36(25)47-45-31-7-12-33(13-8-31)56-24-43-29-9-14-34(15-10-29)61-59-57-53)48-49-40-38(62-60-58-54)22-27-21-32(11-16-35(27)41(40)52)46-44-30-5-3-28(4-6-30)42-23-55-18-17-39(50)51;;;/h3-16,19-22,42-43,52-54H,17-18,23-24H2,1-2H3,(H,50,51);;;/q;3*+1/p-3. The van der Waals surface area contributed by atoms with Crippen LogP contribution in [0.15, 0.2) is 150 Å². The molecule has 24 heteroatoms. The molecule has 0 aliphatic rings. The Morgan fingerprint density at radius 2 is 1.18 bits per heavy atom. The zero-order chi connectivity index (χ0) is 43.7. The molecule has 3 N–H and O–H groups in total. The van der Waals surface area contributed by atoms with Gasteiger partial charge in [-0.2, -0.15) is 34.2 Å². The summed E-state index contributed by atoms with van der Waals surface area (Å²) in [7, 11) is 0. The predicted molar refractivity (Wildman–Crippen MR) is 223 cm³/mol. The number of ether oxygens (including phenoxy) is 2. The van der Waals surface area contributed by atoms with E-state index in [2.05, 4.69) is 60.1 Å². The number of nitrogens with one attached hydrogen (secondary N) is 2. The van der Waals surface area contributed by atoms with Crippen molar-refractivity contribution in [2.24, 2.45) is 30.7 Å². The summed E-state index contributed by atoms with van der Waals surface area (Å²) in [6.45, 7) is 4.07. The van der Waals surface area contributed by atoms with Crippen LogP contribution in [0.25, 0.3) is 10.8 Å². The van der Waals surface area contributed by atoms with Crippen LogP contribution in [0.1, 0.15) is 17.5 Å². The molecule has 0 atom stereocenters. The first-order valence-electron chi connectivity index (χ1n) is 18.3. The quantitative estimate of drug-likeness (QED) is 0.0152. The molecule has 0 aromatic heterocycles. The van der Waals surface area contributed by atoms with E-state index >= 15 is 0 Å². The van der Waals surface area contributed by atoms with Gasteiger partial charge in [0.2, 0.25) is 0 Å². The summed E-state index contributed by atoms with van der Waals surface area (Å²) in [6.07, 6.45) is -0.188. The van der Waals surface area contributed by atoms with Gasteiger partial charge in [-0.1, -0.05) is 0 Å². The number of aliphatic carboxylic acids is 1. The molecule has 0 aliphatic heterocycles. The number of carboxylic acid groups (broad SMARTS) is 1. The normalized spacial score (nSPS) is 11.1. The maximum Gasteiger partial charge on any atom is 1.00 e.